The van der Waals surface area contributed by atoms with E-state index in [1.54, 1.807) is 55.5 Å². The van der Waals surface area contributed by atoms with Gasteiger partial charge in [0.25, 0.3) is 0 Å². The summed E-state index contributed by atoms with van der Waals surface area (Å²) < 4.78 is 0. The number of ketones is 1. The molecular formula is C20H25NO6. The van der Waals surface area contributed by atoms with Crippen LogP contribution in [-0.2, 0) is 4.79 Å². The fourth-order valence-corrected chi connectivity index (χ4v) is 2.00. The van der Waals surface area contributed by atoms with E-state index in [-0.39, 0.29) is 5.78 Å². The van der Waals surface area contributed by atoms with Gasteiger partial charge in [0.15, 0.2) is 5.78 Å². The van der Waals surface area contributed by atoms with Gasteiger partial charge in [-0.3, -0.25) is 9.59 Å². The molecule has 0 aliphatic heterocycles. The number of aliphatic hydroxyl groups is 3. The topological polar surface area (TPSA) is 141 Å². The molecule has 27 heavy (non-hydrogen) atoms. The van der Waals surface area contributed by atoms with Crippen molar-refractivity contribution in [2.24, 2.45) is 5.73 Å². The Morgan fingerprint density at radius 2 is 1.44 bits per heavy atom. The first-order chi connectivity index (χ1) is 12.8. The minimum atomic E-state index is -1.21. The lowest BCUT2D eigenvalue weighted by Crippen LogP contribution is -2.50. The molecule has 0 aromatic heterocycles. The number of aliphatic carboxylic acids is 1. The van der Waals surface area contributed by atoms with Crippen LogP contribution >= 0.6 is 0 Å². The lowest BCUT2D eigenvalue weighted by atomic mass is 9.96. The third-order valence-corrected chi connectivity index (χ3v) is 4.00. The Bertz CT molecular complexity index is 735. The summed E-state index contributed by atoms with van der Waals surface area (Å²) in [7, 11) is 0. The van der Waals surface area contributed by atoms with Gasteiger partial charge < -0.3 is 26.2 Å². The summed E-state index contributed by atoms with van der Waals surface area (Å²) in [6.07, 6.45) is 0. The molecule has 0 spiro atoms. The Morgan fingerprint density at radius 3 is 1.89 bits per heavy atom. The molecule has 1 atom stereocenters. The number of benzene rings is 2. The zero-order valence-corrected chi connectivity index (χ0v) is 15.1. The van der Waals surface area contributed by atoms with Crippen LogP contribution in [0.5, 0.6) is 0 Å². The molecule has 0 amide bonds. The van der Waals surface area contributed by atoms with E-state index < -0.39 is 37.2 Å². The number of aliphatic hydroxyl groups excluding tert-OH is 3. The van der Waals surface area contributed by atoms with Crippen molar-refractivity contribution in [3.8, 4) is 0 Å². The first-order valence-electron chi connectivity index (χ1n) is 8.32. The summed E-state index contributed by atoms with van der Waals surface area (Å²) in [5, 5.41) is 34.0. The highest BCUT2D eigenvalue weighted by Gasteiger charge is 2.20. The average molecular weight is 375 g/mol. The van der Waals surface area contributed by atoms with Crippen molar-refractivity contribution in [2.75, 3.05) is 19.8 Å². The quantitative estimate of drug-likeness (QED) is 0.450. The number of carbonyl (C=O) groups is 2. The summed E-state index contributed by atoms with van der Waals surface area (Å²) in [5.74, 6) is -1.62. The molecule has 0 saturated carbocycles. The molecule has 1 unspecified atom stereocenters. The van der Waals surface area contributed by atoms with Crippen LogP contribution in [0.2, 0.25) is 0 Å². The fourth-order valence-electron chi connectivity index (χ4n) is 2.00. The van der Waals surface area contributed by atoms with Gasteiger partial charge >= 0.3 is 5.97 Å². The van der Waals surface area contributed by atoms with Crippen LogP contribution in [0.1, 0.15) is 34.3 Å². The Morgan fingerprint density at radius 1 is 0.926 bits per heavy atom. The number of carboxylic acids is 1. The third-order valence-electron chi connectivity index (χ3n) is 4.00. The molecule has 0 bridgehead atoms. The maximum Gasteiger partial charge on any atom is 0.310 e. The van der Waals surface area contributed by atoms with Crippen LogP contribution in [0.15, 0.2) is 54.6 Å². The third kappa shape index (κ3) is 6.58. The second-order valence-electron chi connectivity index (χ2n) is 6.22. The van der Waals surface area contributed by atoms with Crippen molar-refractivity contribution in [1.82, 2.24) is 0 Å². The Balaban J connectivity index is 0.000000387. The standard InChI is InChI=1S/C16H14O3.C4H11NO3/c1-11(16(18)19)13-8-5-9-14(10-13)15(17)12-6-3-2-4-7-12;5-4(1-6,2-7)3-8/h2-11H,1H3,(H,18,19);6-8H,1-3,5H2. The second kappa shape index (κ2) is 10.5. The molecule has 6 N–H and O–H groups in total. The molecule has 2 aromatic carbocycles. The Labute approximate surface area is 157 Å². The highest BCUT2D eigenvalue weighted by Crippen LogP contribution is 2.18. The highest BCUT2D eigenvalue weighted by atomic mass is 16.4. The predicted octanol–water partition coefficient (Wildman–Crippen LogP) is 0.766. The van der Waals surface area contributed by atoms with Crippen molar-refractivity contribution in [3.63, 3.8) is 0 Å². The minimum Gasteiger partial charge on any atom is -0.481 e. The molecule has 7 heteroatoms. The van der Waals surface area contributed by atoms with Crippen molar-refractivity contribution >= 4 is 11.8 Å². The summed E-state index contributed by atoms with van der Waals surface area (Å²) >= 11 is 0. The van der Waals surface area contributed by atoms with E-state index in [0.717, 1.165) is 0 Å². The second-order valence-corrected chi connectivity index (χ2v) is 6.22. The molecule has 0 saturated heterocycles. The van der Waals surface area contributed by atoms with E-state index in [2.05, 4.69) is 0 Å². The van der Waals surface area contributed by atoms with Crippen LogP contribution in [-0.4, -0.2) is 57.5 Å². The zero-order chi connectivity index (χ0) is 20.4. The van der Waals surface area contributed by atoms with Gasteiger partial charge in [-0.2, -0.15) is 0 Å². The van der Waals surface area contributed by atoms with Crippen LogP contribution in [0, 0.1) is 0 Å². The van der Waals surface area contributed by atoms with Gasteiger partial charge in [-0.25, -0.2) is 0 Å². The van der Waals surface area contributed by atoms with E-state index in [0.29, 0.717) is 16.7 Å². The molecular weight excluding hydrogens is 350 g/mol. The molecule has 0 aliphatic rings. The summed E-state index contributed by atoms with van der Waals surface area (Å²) in [6.45, 7) is 0.397. The normalized spacial score (nSPS) is 11.9. The van der Waals surface area contributed by atoms with Gasteiger partial charge in [-0.15, -0.1) is 0 Å². The van der Waals surface area contributed by atoms with Gasteiger partial charge in [-0.05, 0) is 18.6 Å². The summed E-state index contributed by atoms with van der Waals surface area (Å²) in [4.78, 5) is 23.2. The van der Waals surface area contributed by atoms with Gasteiger partial charge in [0.1, 0.15) is 0 Å². The van der Waals surface area contributed by atoms with Gasteiger partial charge in [-0.1, -0.05) is 48.5 Å². The first-order valence-corrected chi connectivity index (χ1v) is 8.32. The lowest BCUT2D eigenvalue weighted by molar-refractivity contribution is -0.138. The Kier molecular flexibility index (Phi) is 8.77. The lowest BCUT2D eigenvalue weighted by Gasteiger charge is -2.20. The molecule has 2 rings (SSSR count). The number of hydrogen-bond acceptors (Lipinski definition) is 6. The molecule has 0 heterocycles. The molecule has 7 nitrogen and oxygen atoms in total. The summed E-state index contributed by atoms with van der Waals surface area (Å²) in [6, 6.07) is 15.7. The maximum atomic E-state index is 12.2. The smallest absolute Gasteiger partial charge is 0.310 e. The van der Waals surface area contributed by atoms with Crippen LogP contribution < -0.4 is 5.73 Å². The van der Waals surface area contributed by atoms with Crippen LogP contribution in [0.3, 0.4) is 0 Å². The number of carbonyl (C=O) groups excluding carboxylic acids is 1. The molecule has 0 aliphatic carbocycles. The monoisotopic (exact) mass is 375 g/mol. The molecule has 0 fully saturated rings. The molecule has 2 aromatic rings. The van der Waals surface area contributed by atoms with Crippen molar-refractivity contribution in [1.29, 1.82) is 0 Å². The predicted molar refractivity (Wildman–Crippen MR) is 101 cm³/mol. The fraction of sp³-hybridized carbons (Fsp3) is 0.300. The van der Waals surface area contributed by atoms with E-state index in [9.17, 15) is 9.59 Å². The van der Waals surface area contributed by atoms with E-state index in [1.165, 1.54) is 0 Å². The number of nitrogens with two attached hydrogens (primary N) is 1. The summed E-state index contributed by atoms with van der Waals surface area (Å²) in [5.41, 5.74) is 5.68. The van der Waals surface area contributed by atoms with Gasteiger partial charge in [0.05, 0.1) is 31.3 Å². The van der Waals surface area contributed by atoms with Crippen LogP contribution in [0.4, 0.5) is 0 Å². The van der Waals surface area contributed by atoms with E-state index >= 15 is 0 Å². The van der Waals surface area contributed by atoms with Crippen molar-refractivity contribution in [2.45, 2.75) is 18.4 Å². The largest absolute Gasteiger partial charge is 0.481 e. The van der Waals surface area contributed by atoms with E-state index in [4.69, 9.17) is 26.2 Å². The van der Waals surface area contributed by atoms with E-state index in [1.807, 2.05) is 6.07 Å². The molecule has 146 valence electrons. The zero-order valence-electron chi connectivity index (χ0n) is 15.1. The SMILES string of the molecule is CC(C(=O)O)c1cccc(C(=O)c2ccccc2)c1.NC(CO)(CO)CO. The number of rotatable bonds is 7. The number of hydrogen-bond donors (Lipinski definition) is 5. The molecule has 0 radical (unpaired) electrons. The van der Waals surface area contributed by atoms with Gasteiger partial charge in [0, 0.05) is 11.1 Å². The number of carboxylic acid groups (broad SMARTS) is 1. The van der Waals surface area contributed by atoms with Gasteiger partial charge in [0.2, 0.25) is 0 Å². The highest BCUT2D eigenvalue weighted by molar-refractivity contribution is 6.09. The van der Waals surface area contributed by atoms with Crippen molar-refractivity contribution < 1.29 is 30.0 Å². The Hall–Kier alpha value is -2.58. The van der Waals surface area contributed by atoms with Crippen molar-refractivity contribution in [3.05, 3.63) is 71.3 Å². The maximum absolute atomic E-state index is 12.2. The average Bonchev–Trinajstić information content (AvgIpc) is 2.73. The van der Waals surface area contributed by atoms with Crippen LogP contribution in [0.25, 0.3) is 0 Å². The first kappa shape index (κ1) is 22.5. The minimum absolute atomic E-state index is 0.0972.